The molecule has 0 atom stereocenters. The molecule has 23 heavy (non-hydrogen) atoms. The van der Waals surface area contributed by atoms with E-state index in [1.165, 1.54) is 4.90 Å². The fourth-order valence-electron chi connectivity index (χ4n) is 2.99. The second-order valence-electron chi connectivity index (χ2n) is 6.06. The van der Waals surface area contributed by atoms with Crippen LogP contribution in [0.1, 0.15) is 18.4 Å². The van der Waals surface area contributed by atoms with Crippen molar-refractivity contribution in [2.24, 2.45) is 11.7 Å². The molecule has 1 aliphatic rings. The molecule has 1 heterocycles. The molecular weight excluding hydrogens is 310 g/mol. The molecule has 0 unspecified atom stereocenters. The quantitative estimate of drug-likeness (QED) is 0.801. The minimum absolute atomic E-state index is 0.0489. The molecule has 2 N–H and O–H groups in total. The Morgan fingerprint density at radius 3 is 2.65 bits per heavy atom. The van der Waals surface area contributed by atoms with Crippen LogP contribution in [0, 0.1) is 5.92 Å². The van der Waals surface area contributed by atoms with Crippen molar-refractivity contribution in [3.05, 3.63) is 29.8 Å². The van der Waals surface area contributed by atoms with Crippen molar-refractivity contribution >= 4 is 23.6 Å². The number of hydrogen-bond acceptors (Lipinski definition) is 4. The van der Waals surface area contributed by atoms with E-state index in [4.69, 9.17) is 5.73 Å². The molecular formula is C17H25N3O2S. The fraction of sp³-hybridized carbons (Fsp3) is 0.529. The highest BCUT2D eigenvalue weighted by molar-refractivity contribution is 7.98. The van der Waals surface area contributed by atoms with E-state index in [0.29, 0.717) is 6.54 Å². The van der Waals surface area contributed by atoms with Gasteiger partial charge < -0.3 is 10.6 Å². The maximum atomic E-state index is 12.6. The Kier molecular flexibility index (Phi) is 6.47. The van der Waals surface area contributed by atoms with Crippen LogP contribution >= 0.6 is 11.8 Å². The van der Waals surface area contributed by atoms with Gasteiger partial charge in [0.25, 0.3) is 0 Å². The van der Waals surface area contributed by atoms with Crippen molar-refractivity contribution in [2.75, 3.05) is 32.9 Å². The Balaban J connectivity index is 1.86. The summed E-state index contributed by atoms with van der Waals surface area (Å²) in [4.78, 5) is 28.6. The molecule has 1 aromatic carbocycles. The number of benzene rings is 1. The summed E-state index contributed by atoms with van der Waals surface area (Å²) in [5.41, 5.74) is 6.37. The third-order valence-corrected chi connectivity index (χ3v) is 4.97. The van der Waals surface area contributed by atoms with E-state index in [1.54, 1.807) is 11.8 Å². The summed E-state index contributed by atoms with van der Waals surface area (Å²) >= 11 is 1.70. The Labute approximate surface area is 142 Å². The van der Waals surface area contributed by atoms with Crippen molar-refractivity contribution in [1.29, 1.82) is 0 Å². The predicted octanol–water partition coefficient (Wildman–Crippen LogP) is 1.56. The molecule has 0 radical (unpaired) electrons. The third-order valence-electron chi connectivity index (χ3n) is 4.25. The van der Waals surface area contributed by atoms with Crippen LogP contribution in [0.15, 0.2) is 29.2 Å². The Morgan fingerprint density at radius 2 is 2.04 bits per heavy atom. The molecule has 2 amide bonds. The minimum Gasteiger partial charge on any atom is -0.369 e. The van der Waals surface area contributed by atoms with Crippen molar-refractivity contribution in [3.63, 3.8) is 0 Å². The van der Waals surface area contributed by atoms with E-state index < -0.39 is 0 Å². The molecule has 126 valence electrons. The summed E-state index contributed by atoms with van der Waals surface area (Å²) < 4.78 is 0. The number of carbonyl (C=O) groups is 2. The van der Waals surface area contributed by atoms with Crippen LogP contribution < -0.4 is 5.73 Å². The van der Waals surface area contributed by atoms with Gasteiger partial charge in [0.1, 0.15) is 0 Å². The standard InChI is InChI=1S/C17H25N3O2S/c1-19(11-13-4-3-5-15(10-13)23-2)17(22)14-6-8-20(9-7-14)12-16(18)21/h3-5,10,14H,6-9,11-12H2,1-2H3,(H2,18,21). The van der Waals surface area contributed by atoms with Crippen LogP contribution in [-0.4, -0.2) is 54.6 Å². The SMILES string of the molecule is CSc1cccc(CN(C)C(=O)C2CCN(CC(N)=O)CC2)c1. The van der Waals surface area contributed by atoms with Gasteiger partial charge in [-0.1, -0.05) is 12.1 Å². The van der Waals surface area contributed by atoms with E-state index in [2.05, 4.69) is 18.2 Å². The van der Waals surface area contributed by atoms with Crippen LogP contribution in [-0.2, 0) is 16.1 Å². The van der Waals surface area contributed by atoms with E-state index in [0.717, 1.165) is 31.5 Å². The number of thioether (sulfide) groups is 1. The first-order valence-corrected chi connectivity index (χ1v) is 9.10. The number of primary amides is 1. The number of carbonyl (C=O) groups excluding carboxylic acids is 2. The first kappa shape index (κ1) is 17.8. The number of nitrogens with two attached hydrogens (primary N) is 1. The van der Waals surface area contributed by atoms with Crippen LogP contribution in [0.2, 0.25) is 0 Å². The topological polar surface area (TPSA) is 66.6 Å². The van der Waals surface area contributed by atoms with Crippen LogP contribution in [0.5, 0.6) is 0 Å². The fourth-order valence-corrected chi connectivity index (χ4v) is 3.48. The first-order valence-electron chi connectivity index (χ1n) is 7.88. The highest BCUT2D eigenvalue weighted by atomic mass is 32.2. The molecule has 5 nitrogen and oxygen atoms in total. The number of rotatable bonds is 6. The molecule has 2 rings (SSSR count). The molecule has 0 bridgehead atoms. The van der Waals surface area contributed by atoms with Crippen molar-refractivity contribution in [2.45, 2.75) is 24.3 Å². The average molecular weight is 335 g/mol. The summed E-state index contributed by atoms with van der Waals surface area (Å²) in [5.74, 6) is -0.0632. The lowest BCUT2D eigenvalue weighted by atomic mass is 9.95. The lowest BCUT2D eigenvalue weighted by molar-refractivity contribution is -0.136. The van der Waals surface area contributed by atoms with Crippen molar-refractivity contribution < 1.29 is 9.59 Å². The van der Waals surface area contributed by atoms with Gasteiger partial charge in [-0.05, 0) is 49.9 Å². The molecule has 1 saturated heterocycles. The number of piperidine rings is 1. The predicted molar refractivity (Wildman–Crippen MR) is 93.1 cm³/mol. The van der Waals surface area contributed by atoms with Crippen molar-refractivity contribution in [1.82, 2.24) is 9.80 Å². The zero-order chi connectivity index (χ0) is 16.8. The van der Waals surface area contributed by atoms with Crippen LogP contribution in [0.3, 0.4) is 0 Å². The van der Waals surface area contributed by atoms with Gasteiger partial charge in [-0.2, -0.15) is 0 Å². The van der Waals surface area contributed by atoms with Gasteiger partial charge in [-0.25, -0.2) is 0 Å². The molecule has 1 aliphatic heterocycles. The number of likely N-dealkylation sites (tertiary alicyclic amines) is 1. The maximum absolute atomic E-state index is 12.6. The Hall–Kier alpha value is -1.53. The van der Waals surface area contributed by atoms with Crippen LogP contribution in [0.25, 0.3) is 0 Å². The van der Waals surface area contributed by atoms with Crippen LogP contribution in [0.4, 0.5) is 0 Å². The summed E-state index contributed by atoms with van der Waals surface area (Å²) in [6.45, 7) is 2.44. The van der Waals surface area contributed by atoms with Gasteiger partial charge in [0.2, 0.25) is 11.8 Å². The summed E-state index contributed by atoms with van der Waals surface area (Å²) in [5, 5.41) is 0. The molecule has 0 aliphatic carbocycles. The summed E-state index contributed by atoms with van der Waals surface area (Å²) in [6, 6.07) is 8.29. The van der Waals surface area contributed by atoms with E-state index in [-0.39, 0.29) is 24.3 Å². The largest absolute Gasteiger partial charge is 0.369 e. The minimum atomic E-state index is -0.305. The lowest BCUT2D eigenvalue weighted by Crippen LogP contribution is -2.43. The molecule has 0 saturated carbocycles. The first-order chi connectivity index (χ1) is 11.0. The molecule has 0 aromatic heterocycles. The van der Waals surface area contributed by atoms with Crippen molar-refractivity contribution in [3.8, 4) is 0 Å². The van der Waals surface area contributed by atoms with E-state index in [9.17, 15) is 9.59 Å². The number of amides is 2. The van der Waals surface area contributed by atoms with Gasteiger partial charge >= 0.3 is 0 Å². The molecule has 1 aromatic rings. The van der Waals surface area contributed by atoms with Gasteiger partial charge in [-0.15, -0.1) is 11.8 Å². The second-order valence-corrected chi connectivity index (χ2v) is 6.94. The zero-order valence-electron chi connectivity index (χ0n) is 13.8. The monoisotopic (exact) mass is 335 g/mol. The lowest BCUT2D eigenvalue weighted by Gasteiger charge is -2.32. The van der Waals surface area contributed by atoms with E-state index >= 15 is 0 Å². The summed E-state index contributed by atoms with van der Waals surface area (Å²) in [7, 11) is 1.86. The Bertz CT molecular complexity index is 557. The number of nitrogens with zero attached hydrogens (tertiary/aromatic N) is 2. The highest BCUT2D eigenvalue weighted by Crippen LogP contribution is 2.21. The average Bonchev–Trinajstić information content (AvgIpc) is 2.54. The normalized spacial score (nSPS) is 16.3. The van der Waals surface area contributed by atoms with Gasteiger partial charge in [0, 0.05) is 24.4 Å². The molecule has 6 heteroatoms. The number of hydrogen-bond donors (Lipinski definition) is 1. The smallest absolute Gasteiger partial charge is 0.231 e. The van der Waals surface area contributed by atoms with Gasteiger partial charge in [-0.3, -0.25) is 14.5 Å². The van der Waals surface area contributed by atoms with Gasteiger partial charge in [0.05, 0.1) is 6.54 Å². The maximum Gasteiger partial charge on any atom is 0.231 e. The zero-order valence-corrected chi connectivity index (χ0v) is 14.6. The van der Waals surface area contributed by atoms with Gasteiger partial charge in [0.15, 0.2) is 0 Å². The third kappa shape index (κ3) is 5.25. The molecule has 0 spiro atoms. The highest BCUT2D eigenvalue weighted by Gasteiger charge is 2.27. The second kappa shape index (κ2) is 8.36. The van der Waals surface area contributed by atoms with E-state index in [1.807, 2.05) is 29.2 Å². The molecule has 1 fully saturated rings. The summed E-state index contributed by atoms with van der Waals surface area (Å²) in [6.07, 6.45) is 3.64. The Morgan fingerprint density at radius 1 is 1.35 bits per heavy atom.